The number of methoxy groups -OCH3 is 1. The van der Waals surface area contributed by atoms with Gasteiger partial charge in [0.15, 0.2) is 0 Å². The number of hydrogen-bond donors (Lipinski definition) is 1. The van der Waals surface area contributed by atoms with Crippen molar-refractivity contribution in [1.82, 2.24) is 4.72 Å². The Balaban J connectivity index is 2.15. The third-order valence-electron chi connectivity index (χ3n) is 3.90. The average Bonchev–Trinajstić information content (AvgIpc) is 2.57. The zero-order chi connectivity index (χ0) is 17.7. The summed E-state index contributed by atoms with van der Waals surface area (Å²) in [5.41, 5.74) is 2.37. The predicted molar refractivity (Wildman–Crippen MR) is 94.1 cm³/mol. The summed E-state index contributed by atoms with van der Waals surface area (Å²) < 4.78 is 38.4. The van der Waals surface area contributed by atoms with Crippen LogP contribution in [-0.2, 0) is 16.6 Å². The molecule has 0 aliphatic rings. The van der Waals surface area contributed by atoms with Gasteiger partial charge in [0.2, 0.25) is 10.0 Å². The van der Waals surface area contributed by atoms with Crippen molar-refractivity contribution >= 4 is 10.0 Å². The quantitative estimate of drug-likeness (QED) is 0.834. The van der Waals surface area contributed by atoms with Crippen LogP contribution in [0.4, 0.5) is 0 Å². The fraction of sp³-hybridized carbons (Fsp3) is 0.333. The van der Waals surface area contributed by atoms with Crippen LogP contribution in [0.25, 0.3) is 0 Å². The molecule has 0 aliphatic heterocycles. The Labute approximate surface area is 143 Å². The summed E-state index contributed by atoms with van der Waals surface area (Å²) in [6.07, 6.45) is 0. The summed E-state index contributed by atoms with van der Waals surface area (Å²) in [5, 5.41) is 0. The molecule has 1 N–H and O–H groups in total. The molecule has 2 rings (SSSR count). The zero-order valence-electron chi connectivity index (χ0n) is 14.4. The van der Waals surface area contributed by atoms with Crippen molar-refractivity contribution in [3.8, 4) is 11.5 Å². The Bertz CT molecular complexity index is 799. The van der Waals surface area contributed by atoms with Gasteiger partial charge in [-0.1, -0.05) is 12.1 Å². The van der Waals surface area contributed by atoms with Crippen molar-refractivity contribution in [2.24, 2.45) is 0 Å². The van der Waals surface area contributed by atoms with Crippen LogP contribution in [0.15, 0.2) is 41.3 Å². The van der Waals surface area contributed by atoms with Crippen LogP contribution < -0.4 is 14.2 Å². The SMILES string of the molecule is CCOc1ccc(CNS(=O)(=O)c2ccc(OC)c(C)c2C)cc1. The largest absolute Gasteiger partial charge is 0.496 e. The van der Waals surface area contributed by atoms with E-state index in [0.717, 1.165) is 16.9 Å². The molecule has 0 saturated carbocycles. The number of benzene rings is 2. The first-order valence-electron chi connectivity index (χ1n) is 7.74. The van der Waals surface area contributed by atoms with Crippen molar-refractivity contribution in [1.29, 1.82) is 0 Å². The summed E-state index contributed by atoms with van der Waals surface area (Å²) >= 11 is 0. The summed E-state index contributed by atoms with van der Waals surface area (Å²) in [5.74, 6) is 1.45. The molecule has 6 heteroatoms. The van der Waals surface area contributed by atoms with E-state index in [2.05, 4.69) is 4.72 Å². The number of hydrogen-bond acceptors (Lipinski definition) is 4. The minimum atomic E-state index is -3.59. The smallest absolute Gasteiger partial charge is 0.241 e. The van der Waals surface area contributed by atoms with Gasteiger partial charge in [-0.15, -0.1) is 0 Å². The Morgan fingerprint density at radius 3 is 2.25 bits per heavy atom. The van der Waals surface area contributed by atoms with Crippen molar-refractivity contribution < 1.29 is 17.9 Å². The highest BCUT2D eigenvalue weighted by molar-refractivity contribution is 7.89. The molecule has 0 aliphatic carbocycles. The van der Waals surface area contributed by atoms with E-state index in [-0.39, 0.29) is 11.4 Å². The van der Waals surface area contributed by atoms with Gasteiger partial charge < -0.3 is 9.47 Å². The van der Waals surface area contributed by atoms with Gasteiger partial charge in [0.25, 0.3) is 0 Å². The van der Waals surface area contributed by atoms with Crippen LogP contribution in [0.5, 0.6) is 11.5 Å². The lowest BCUT2D eigenvalue weighted by molar-refractivity contribution is 0.340. The van der Waals surface area contributed by atoms with Crippen LogP contribution in [0.2, 0.25) is 0 Å². The minimum Gasteiger partial charge on any atom is -0.496 e. The Morgan fingerprint density at radius 1 is 1.00 bits per heavy atom. The first-order chi connectivity index (χ1) is 11.4. The first kappa shape index (κ1) is 18.3. The van der Waals surface area contributed by atoms with Gasteiger partial charge >= 0.3 is 0 Å². The summed E-state index contributed by atoms with van der Waals surface area (Å²) in [6, 6.07) is 10.6. The highest BCUT2D eigenvalue weighted by Crippen LogP contribution is 2.26. The highest BCUT2D eigenvalue weighted by atomic mass is 32.2. The van der Waals surface area contributed by atoms with Crippen molar-refractivity contribution in [3.05, 3.63) is 53.1 Å². The predicted octanol–water partition coefficient (Wildman–Crippen LogP) is 3.19. The topological polar surface area (TPSA) is 64.6 Å². The van der Waals surface area contributed by atoms with Gasteiger partial charge in [-0.2, -0.15) is 0 Å². The second-order valence-electron chi connectivity index (χ2n) is 5.42. The summed E-state index contributed by atoms with van der Waals surface area (Å²) in [7, 11) is -2.02. The number of sulfonamides is 1. The molecule has 5 nitrogen and oxygen atoms in total. The highest BCUT2D eigenvalue weighted by Gasteiger charge is 2.19. The molecule has 0 atom stereocenters. The normalized spacial score (nSPS) is 11.3. The van der Waals surface area contributed by atoms with Crippen molar-refractivity contribution in [3.63, 3.8) is 0 Å². The summed E-state index contributed by atoms with van der Waals surface area (Å²) in [4.78, 5) is 0.270. The molecule has 0 heterocycles. The number of ether oxygens (including phenoxy) is 2. The van der Waals surface area contributed by atoms with E-state index in [1.165, 1.54) is 0 Å². The van der Waals surface area contributed by atoms with E-state index in [1.54, 1.807) is 26.2 Å². The second kappa shape index (κ2) is 7.68. The molecule has 0 unspecified atom stereocenters. The number of rotatable bonds is 7. The second-order valence-corrected chi connectivity index (χ2v) is 7.15. The molecule has 0 fully saturated rings. The van der Waals surface area contributed by atoms with Crippen molar-refractivity contribution in [2.45, 2.75) is 32.2 Å². The lowest BCUT2D eigenvalue weighted by Crippen LogP contribution is -2.24. The molecule has 0 radical (unpaired) electrons. The average molecular weight is 349 g/mol. The van der Waals surface area contributed by atoms with Gasteiger partial charge in [0, 0.05) is 6.54 Å². The van der Waals surface area contributed by atoms with E-state index in [9.17, 15) is 8.42 Å². The Kier molecular flexibility index (Phi) is 5.85. The van der Waals surface area contributed by atoms with Gasteiger partial charge in [-0.25, -0.2) is 13.1 Å². The standard InChI is InChI=1S/C18H23NO4S/c1-5-23-16-8-6-15(7-9-16)12-19-24(20,21)18-11-10-17(22-4)13(2)14(18)3/h6-11,19H,5,12H2,1-4H3. The number of nitrogens with one attached hydrogen (secondary N) is 1. The monoisotopic (exact) mass is 349 g/mol. The van der Waals surface area contributed by atoms with Crippen LogP contribution >= 0.6 is 0 Å². The van der Waals surface area contributed by atoms with Crippen LogP contribution in [0, 0.1) is 13.8 Å². The Hall–Kier alpha value is -2.05. The maximum atomic E-state index is 12.6. The molecule has 24 heavy (non-hydrogen) atoms. The fourth-order valence-corrected chi connectivity index (χ4v) is 3.73. The molecular weight excluding hydrogens is 326 g/mol. The molecule has 130 valence electrons. The summed E-state index contributed by atoms with van der Waals surface area (Å²) in [6.45, 7) is 6.37. The van der Waals surface area contributed by atoms with E-state index in [1.807, 2.05) is 38.1 Å². The molecule has 0 spiro atoms. The van der Waals surface area contributed by atoms with Gasteiger partial charge in [-0.05, 0) is 61.7 Å². The third-order valence-corrected chi connectivity index (χ3v) is 5.44. The van der Waals surface area contributed by atoms with E-state index < -0.39 is 10.0 Å². The minimum absolute atomic E-state index is 0.221. The lowest BCUT2D eigenvalue weighted by atomic mass is 10.1. The van der Waals surface area contributed by atoms with Crippen LogP contribution in [-0.4, -0.2) is 22.1 Å². The van der Waals surface area contributed by atoms with Gasteiger partial charge in [-0.3, -0.25) is 0 Å². The molecule has 0 bridgehead atoms. The first-order valence-corrected chi connectivity index (χ1v) is 9.23. The van der Waals surface area contributed by atoms with E-state index in [4.69, 9.17) is 9.47 Å². The van der Waals surface area contributed by atoms with Gasteiger partial charge in [0.05, 0.1) is 18.6 Å². The van der Waals surface area contributed by atoms with Crippen LogP contribution in [0.1, 0.15) is 23.6 Å². The van der Waals surface area contributed by atoms with Gasteiger partial charge in [0.1, 0.15) is 11.5 Å². The third kappa shape index (κ3) is 4.07. The fourth-order valence-electron chi connectivity index (χ4n) is 2.41. The van der Waals surface area contributed by atoms with E-state index >= 15 is 0 Å². The van der Waals surface area contributed by atoms with Crippen molar-refractivity contribution in [2.75, 3.05) is 13.7 Å². The molecular formula is C18H23NO4S. The molecule has 0 saturated heterocycles. The molecule has 0 aromatic heterocycles. The lowest BCUT2D eigenvalue weighted by Gasteiger charge is -2.14. The van der Waals surface area contributed by atoms with E-state index in [0.29, 0.717) is 17.9 Å². The zero-order valence-corrected chi connectivity index (χ0v) is 15.2. The molecule has 2 aromatic rings. The van der Waals surface area contributed by atoms with Crippen LogP contribution in [0.3, 0.4) is 0 Å². The molecule has 2 aromatic carbocycles. The Morgan fingerprint density at radius 2 is 1.67 bits per heavy atom. The maximum absolute atomic E-state index is 12.6. The molecule has 0 amide bonds. The maximum Gasteiger partial charge on any atom is 0.241 e.